The highest BCUT2D eigenvalue weighted by molar-refractivity contribution is 5.96. The number of fused-ring (bicyclic) bond motifs is 1. The standard InChI is InChI=1S/C25H25N3O2/c1-17(2)23(24-26-21-14-8-9-15-22(21)27-24)28-25(29)20-13-7-6-10-18(20)16-30-19-11-4-3-5-12-19/h3-15,17,23H,16H2,1-2H3,(H,26,27)(H,28,29)/t23-/m1/s1. The Hall–Kier alpha value is -3.60. The van der Waals surface area contributed by atoms with E-state index < -0.39 is 0 Å². The number of para-hydroxylation sites is 3. The number of hydrogen-bond donors (Lipinski definition) is 2. The van der Waals surface area contributed by atoms with Crippen molar-refractivity contribution in [1.29, 1.82) is 0 Å². The number of aromatic amines is 1. The first-order chi connectivity index (χ1) is 14.6. The van der Waals surface area contributed by atoms with Crippen LogP contribution in [0.4, 0.5) is 0 Å². The molecule has 0 radical (unpaired) electrons. The fourth-order valence-electron chi connectivity index (χ4n) is 3.44. The molecule has 0 aliphatic rings. The van der Waals surface area contributed by atoms with Crippen LogP contribution in [0.2, 0.25) is 0 Å². The van der Waals surface area contributed by atoms with Gasteiger partial charge in [0.1, 0.15) is 18.2 Å². The minimum absolute atomic E-state index is 0.138. The molecular weight excluding hydrogens is 374 g/mol. The summed E-state index contributed by atoms with van der Waals surface area (Å²) < 4.78 is 5.86. The zero-order valence-corrected chi connectivity index (χ0v) is 17.1. The fraction of sp³-hybridized carbons (Fsp3) is 0.200. The molecule has 1 aromatic heterocycles. The Balaban J connectivity index is 1.54. The van der Waals surface area contributed by atoms with Crippen LogP contribution in [0, 0.1) is 5.92 Å². The van der Waals surface area contributed by atoms with E-state index in [0.717, 1.165) is 28.2 Å². The lowest BCUT2D eigenvalue weighted by Crippen LogP contribution is -2.33. The SMILES string of the molecule is CC(C)[C@@H](NC(=O)c1ccccc1COc1ccccc1)c1nc2ccccc2[nH]1. The summed E-state index contributed by atoms with van der Waals surface area (Å²) in [5.74, 6) is 1.57. The van der Waals surface area contributed by atoms with Gasteiger partial charge in [-0.1, -0.05) is 62.4 Å². The van der Waals surface area contributed by atoms with Crippen molar-refractivity contribution in [2.24, 2.45) is 5.92 Å². The summed E-state index contributed by atoms with van der Waals surface area (Å²) in [6.45, 7) is 4.47. The second-order valence-electron chi connectivity index (χ2n) is 7.59. The number of aromatic nitrogens is 2. The monoisotopic (exact) mass is 399 g/mol. The summed E-state index contributed by atoms with van der Waals surface area (Å²) in [4.78, 5) is 21.2. The molecule has 0 aliphatic heterocycles. The number of ether oxygens (including phenoxy) is 1. The van der Waals surface area contributed by atoms with Crippen LogP contribution in [0.5, 0.6) is 5.75 Å². The number of imidazole rings is 1. The van der Waals surface area contributed by atoms with E-state index in [0.29, 0.717) is 12.2 Å². The topological polar surface area (TPSA) is 67.0 Å². The second-order valence-corrected chi connectivity index (χ2v) is 7.59. The van der Waals surface area contributed by atoms with Crippen LogP contribution in [0.1, 0.15) is 41.6 Å². The van der Waals surface area contributed by atoms with E-state index in [1.54, 1.807) is 0 Å². The van der Waals surface area contributed by atoms with Crippen LogP contribution < -0.4 is 10.1 Å². The Kier molecular flexibility index (Phi) is 5.80. The van der Waals surface area contributed by atoms with Gasteiger partial charge in [0, 0.05) is 11.1 Å². The first-order valence-electron chi connectivity index (χ1n) is 10.1. The maximum atomic E-state index is 13.2. The minimum Gasteiger partial charge on any atom is -0.489 e. The summed E-state index contributed by atoms with van der Waals surface area (Å²) in [5.41, 5.74) is 3.30. The molecule has 0 saturated carbocycles. The zero-order chi connectivity index (χ0) is 20.9. The molecule has 1 amide bonds. The van der Waals surface area contributed by atoms with Crippen LogP contribution in [-0.2, 0) is 6.61 Å². The molecule has 0 saturated heterocycles. The summed E-state index contributed by atoms with van der Waals surface area (Å²) in [6, 6.07) is 24.8. The summed E-state index contributed by atoms with van der Waals surface area (Å²) in [5, 5.41) is 3.16. The highest BCUT2D eigenvalue weighted by Gasteiger charge is 2.23. The van der Waals surface area contributed by atoms with Crippen LogP contribution in [0.3, 0.4) is 0 Å². The Morgan fingerprint density at radius 3 is 2.43 bits per heavy atom. The molecular formula is C25H25N3O2. The van der Waals surface area contributed by atoms with Crippen molar-refractivity contribution < 1.29 is 9.53 Å². The summed E-state index contributed by atoms with van der Waals surface area (Å²) in [7, 11) is 0. The number of H-pyrrole nitrogens is 1. The van der Waals surface area contributed by atoms with Crippen molar-refractivity contribution >= 4 is 16.9 Å². The number of amides is 1. The van der Waals surface area contributed by atoms with Crippen LogP contribution in [0.15, 0.2) is 78.9 Å². The van der Waals surface area contributed by atoms with Gasteiger partial charge in [-0.15, -0.1) is 0 Å². The first-order valence-corrected chi connectivity index (χ1v) is 10.1. The van der Waals surface area contributed by atoms with Crippen molar-refractivity contribution in [3.05, 3.63) is 95.8 Å². The van der Waals surface area contributed by atoms with E-state index in [4.69, 9.17) is 4.74 Å². The van der Waals surface area contributed by atoms with Gasteiger partial charge in [0.2, 0.25) is 0 Å². The molecule has 0 unspecified atom stereocenters. The third kappa shape index (κ3) is 4.35. The molecule has 152 valence electrons. The van der Waals surface area contributed by atoms with Gasteiger partial charge < -0.3 is 15.0 Å². The van der Waals surface area contributed by atoms with Gasteiger partial charge in [0.15, 0.2) is 0 Å². The lowest BCUT2D eigenvalue weighted by atomic mass is 10.0. The number of carbonyl (C=O) groups is 1. The average Bonchev–Trinajstić information content (AvgIpc) is 3.20. The second kappa shape index (κ2) is 8.82. The molecule has 0 spiro atoms. The normalized spacial score (nSPS) is 12.1. The highest BCUT2D eigenvalue weighted by Crippen LogP contribution is 2.23. The van der Waals surface area contributed by atoms with Crippen molar-refractivity contribution in [2.75, 3.05) is 0 Å². The fourth-order valence-corrected chi connectivity index (χ4v) is 3.44. The van der Waals surface area contributed by atoms with Crippen LogP contribution >= 0.6 is 0 Å². The van der Waals surface area contributed by atoms with E-state index in [9.17, 15) is 4.79 Å². The van der Waals surface area contributed by atoms with E-state index in [1.165, 1.54) is 0 Å². The molecule has 4 rings (SSSR count). The third-order valence-corrected chi connectivity index (χ3v) is 5.06. The highest BCUT2D eigenvalue weighted by atomic mass is 16.5. The molecule has 30 heavy (non-hydrogen) atoms. The van der Waals surface area contributed by atoms with Crippen molar-refractivity contribution in [1.82, 2.24) is 15.3 Å². The number of rotatable bonds is 7. The van der Waals surface area contributed by atoms with E-state index in [2.05, 4.69) is 29.1 Å². The quantitative estimate of drug-likeness (QED) is 0.445. The molecule has 1 atom stereocenters. The van der Waals surface area contributed by atoms with Gasteiger partial charge >= 0.3 is 0 Å². The summed E-state index contributed by atoms with van der Waals surface area (Å²) in [6.07, 6.45) is 0. The van der Waals surface area contributed by atoms with E-state index in [-0.39, 0.29) is 17.9 Å². The zero-order valence-electron chi connectivity index (χ0n) is 17.1. The molecule has 0 aliphatic carbocycles. The summed E-state index contributed by atoms with van der Waals surface area (Å²) >= 11 is 0. The van der Waals surface area contributed by atoms with Crippen molar-refractivity contribution in [3.63, 3.8) is 0 Å². The number of hydrogen-bond acceptors (Lipinski definition) is 3. The number of nitrogens with zero attached hydrogens (tertiary/aromatic N) is 1. The Labute approximate surface area is 176 Å². The van der Waals surface area contributed by atoms with E-state index in [1.807, 2.05) is 78.9 Å². The predicted molar refractivity (Wildman–Crippen MR) is 118 cm³/mol. The maximum absolute atomic E-state index is 13.2. The van der Waals surface area contributed by atoms with Gasteiger partial charge in [0.25, 0.3) is 5.91 Å². The largest absolute Gasteiger partial charge is 0.489 e. The van der Waals surface area contributed by atoms with Gasteiger partial charge in [-0.05, 0) is 36.2 Å². The molecule has 1 heterocycles. The molecule has 0 bridgehead atoms. The van der Waals surface area contributed by atoms with Crippen LogP contribution in [-0.4, -0.2) is 15.9 Å². The Bertz CT molecular complexity index is 1100. The molecule has 0 fully saturated rings. The average molecular weight is 399 g/mol. The predicted octanol–water partition coefficient (Wildman–Crippen LogP) is 5.27. The molecule has 2 N–H and O–H groups in total. The first kappa shape index (κ1) is 19.7. The Morgan fingerprint density at radius 2 is 1.67 bits per heavy atom. The number of benzene rings is 3. The lowest BCUT2D eigenvalue weighted by Gasteiger charge is -2.21. The van der Waals surface area contributed by atoms with Crippen molar-refractivity contribution in [3.8, 4) is 5.75 Å². The lowest BCUT2D eigenvalue weighted by molar-refractivity contribution is 0.0921. The van der Waals surface area contributed by atoms with E-state index >= 15 is 0 Å². The molecule has 5 nitrogen and oxygen atoms in total. The van der Waals surface area contributed by atoms with Gasteiger partial charge in [-0.25, -0.2) is 4.98 Å². The van der Waals surface area contributed by atoms with Gasteiger partial charge in [0.05, 0.1) is 17.1 Å². The van der Waals surface area contributed by atoms with Gasteiger partial charge in [-0.3, -0.25) is 4.79 Å². The smallest absolute Gasteiger partial charge is 0.252 e. The number of carbonyl (C=O) groups excluding carboxylic acids is 1. The molecule has 3 aromatic carbocycles. The minimum atomic E-state index is -0.229. The number of nitrogens with one attached hydrogen (secondary N) is 2. The Morgan fingerprint density at radius 1 is 0.967 bits per heavy atom. The van der Waals surface area contributed by atoms with Crippen LogP contribution in [0.25, 0.3) is 11.0 Å². The molecule has 4 aromatic rings. The van der Waals surface area contributed by atoms with Gasteiger partial charge in [-0.2, -0.15) is 0 Å². The molecule has 5 heteroatoms. The third-order valence-electron chi connectivity index (χ3n) is 5.06. The van der Waals surface area contributed by atoms with Crippen molar-refractivity contribution in [2.45, 2.75) is 26.5 Å². The maximum Gasteiger partial charge on any atom is 0.252 e.